The maximum atomic E-state index is 14.0. The molecular weight excluding hydrogens is 271 g/mol. The minimum atomic E-state index is -0.407. The summed E-state index contributed by atoms with van der Waals surface area (Å²) in [4.78, 5) is 18.0. The number of nitrogens with zero attached hydrogens (tertiary/aromatic N) is 2. The molecule has 5 heteroatoms. The second-order valence-corrected chi connectivity index (χ2v) is 4.86. The molecule has 0 aliphatic rings. The van der Waals surface area contributed by atoms with E-state index in [2.05, 4.69) is 4.98 Å². The fourth-order valence-electron chi connectivity index (χ4n) is 2.13. The Hall–Kier alpha value is -2.69. The summed E-state index contributed by atoms with van der Waals surface area (Å²) in [6.07, 6.45) is 1.48. The van der Waals surface area contributed by atoms with Crippen LogP contribution in [0.3, 0.4) is 0 Å². The minimum Gasteiger partial charge on any atom is -0.438 e. The quantitative estimate of drug-likeness (QED) is 0.725. The van der Waals surface area contributed by atoms with Gasteiger partial charge in [0.2, 0.25) is 0 Å². The fourth-order valence-corrected chi connectivity index (χ4v) is 2.13. The van der Waals surface area contributed by atoms with Gasteiger partial charge in [0.05, 0.1) is 5.39 Å². The van der Waals surface area contributed by atoms with E-state index in [1.807, 2.05) is 0 Å². The number of halogens is 1. The van der Waals surface area contributed by atoms with Crippen molar-refractivity contribution in [2.45, 2.75) is 0 Å². The zero-order chi connectivity index (χ0) is 15.0. The number of rotatable bonds is 2. The van der Waals surface area contributed by atoms with Crippen molar-refractivity contribution in [2.75, 3.05) is 19.0 Å². The van der Waals surface area contributed by atoms with Crippen molar-refractivity contribution in [1.29, 1.82) is 0 Å². The summed E-state index contributed by atoms with van der Waals surface area (Å²) in [6, 6.07) is 9.26. The Kier molecular flexibility index (Phi) is 3.17. The Labute approximate surface area is 120 Å². The van der Waals surface area contributed by atoms with E-state index in [0.717, 1.165) is 0 Å². The Morgan fingerprint density at radius 2 is 1.95 bits per heavy atom. The van der Waals surface area contributed by atoms with Crippen molar-refractivity contribution in [3.63, 3.8) is 0 Å². The largest absolute Gasteiger partial charge is 0.438 e. The van der Waals surface area contributed by atoms with E-state index in [4.69, 9.17) is 4.42 Å². The van der Waals surface area contributed by atoms with E-state index in [1.165, 1.54) is 18.3 Å². The van der Waals surface area contributed by atoms with E-state index in [1.54, 1.807) is 43.3 Å². The fraction of sp³-hybridized carbons (Fsp3) is 0.125. The highest BCUT2D eigenvalue weighted by atomic mass is 19.1. The van der Waals surface area contributed by atoms with Gasteiger partial charge in [-0.25, -0.2) is 4.39 Å². The molecule has 0 aliphatic heterocycles. The monoisotopic (exact) mass is 284 g/mol. The van der Waals surface area contributed by atoms with Crippen LogP contribution in [-0.4, -0.2) is 19.1 Å². The van der Waals surface area contributed by atoms with Crippen molar-refractivity contribution in [3.8, 4) is 11.3 Å². The van der Waals surface area contributed by atoms with Gasteiger partial charge in [-0.2, -0.15) is 0 Å². The summed E-state index contributed by atoms with van der Waals surface area (Å²) in [5.74, 6) is -0.00602. The van der Waals surface area contributed by atoms with Crippen molar-refractivity contribution >= 4 is 16.9 Å². The van der Waals surface area contributed by atoms with Crippen LogP contribution in [0, 0.1) is 5.82 Å². The van der Waals surface area contributed by atoms with E-state index < -0.39 is 5.82 Å². The van der Waals surface area contributed by atoms with Gasteiger partial charge < -0.3 is 9.32 Å². The first-order valence-electron chi connectivity index (χ1n) is 6.43. The lowest BCUT2D eigenvalue weighted by molar-refractivity contribution is 0.595. The highest BCUT2D eigenvalue weighted by molar-refractivity contribution is 5.90. The van der Waals surface area contributed by atoms with Crippen LogP contribution in [0.5, 0.6) is 0 Å². The predicted molar refractivity (Wildman–Crippen MR) is 80.0 cm³/mol. The molecule has 21 heavy (non-hydrogen) atoms. The molecule has 3 rings (SSSR count). The Balaban J connectivity index is 2.39. The third-order valence-corrected chi connectivity index (χ3v) is 3.20. The molecule has 0 saturated carbocycles. The summed E-state index contributed by atoms with van der Waals surface area (Å²) in [5, 5.41) is 0.383. The maximum Gasteiger partial charge on any atom is 0.199 e. The van der Waals surface area contributed by atoms with Crippen LogP contribution in [0.15, 0.2) is 51.8 Å². The molecule has 1 aromatic carbocycles. The summed E-state index contributed by atoms with van der Waals surface area (Å²) in [6.45, 7) is 0. The van der Waals surface area contributed by atoms with Crippen LogP contribution in [-0.2, 0) is 0 Å². The molecule has 0 N–H and O–H groups in total. The maximum absolute atomic E-state index is 14.0. The second-order valence-electron chi connectivity index (χ2n) is 4.86. The molecule has 0 unspecified atom stereocenters. The molecule has 0 saturated heterocycles. The topological polar surface area (TPSA) is 46.3 Å². The van der Waals surface area contributed by atoms with Crippen LogP contribution in [0.1, 0.15) is 0 Å². The van der Waals surface area contributed by atoms with Gasteiger partial charge in [0.1, 0.15) is 11.5 Å². The van der Waals surface area contributed by atoms with Crippen LogP contribution in [0.25, 0.3) is 22.2 Å². The number of fused-ring (bicyclic) bond motifs is 1. The van der Waals surface area contributed by atoms with Crippen molar-refractivity contribution in [3.05, 3.63) is 58.6 Å². The summed E-state index contributed by atoms with van der Waals surface area (Å²) < 4.78 is 19.7. The second kappa shape index (κ2) is 5.01. The summed E-state index contributed by atoms with van der Waals surface area (Å²) >= 11 is 0. The van der Waals surface area contributed by atoms with Crippen LogP contribution in [0.4, 0.5) is 10.3 Å². The first-order valence-corrected chi connectivity index (χ1v) is 6.43. The molecule has 2 aromatic heterocycles. The number of aromatic nitrogens is 1. The van der Waals surface area contributed by atoms with E-state index in [9.17, 15) is 9.18 Å². The van der Waals surface area contributed by atoms with Crippen molar-refractivity contribution in [1.82, 2.24) is 4.98 Å². The van der Waals surface area contributed by atoms with E-state index in [0.29, 0.717) is 28.1 Å². The van der Waals surface area contributed by atoms with Crippen molar-refractivity contribution in [2.24, 2.45) is 0 Å². The third kappa shape index (κ3) is 2.27. The van der Waals surface area contributed by atoms with Gasteiger partial charge in [0.15, 0.2) is 16.9 Å². The molecule has 0 amide bonds. The van der Waals surface area contributed by atoms with Crippen molar-refractivity contribution < 1.29 is 8.81 Å². The SMILES string of the molecule is CN(C)c1cc(=O)c2ccnc(-c3ccccc3F)c2o1. The smallest absolute Gasteiger partial charge is 0.199 e. The molecule has 0 bridgehead atoms. The number of anilines is 1. The zero-order valence-corrected chi connectivity index (χ0v) is 11.6. The number of benzene rings is 1. The number of pyridine rings is 1. The molecule has 3 aromatic rings. The minimum absolute atomic E-state index is 0.181. The highest BCUT2D eigenvalue weighted by Crippen LogP contribution is 2.29. The molecule has 106 valence electrons. The summed E-state index contributed by atoms with van der Waals surface area (Å²) in [7, 11) is 3.53. The van der Waals surface area contributed by atoms with Gasteiger partial charge in [-0.05, 0) is 18.2 Å². The average molecular weight is 284 g/mol. The summed E-state index contributed by atoms with van der Waals surface area (Å²) in [5.41, 5.74) is 0.743. The Morgan fingerprint density at radius 3 is 2.67 bits per heavy atom. The molecule has 0 spiro atoms. The number of hydrogen-bond donors (Lipinski definition) is 0. The standard InChI is InChI=1S/C16H13FN2O2/c1-19(2)14-9-13(20)11-7-8-18-15(16(11)21-14)10-5-3-4-6-12(10)17/h3-9H,1-2H3. The van der Waals surface area contributed by atoms with Gasteiger partial charge in [-0.1, -0.05) is 12.1 Å². The average Bonchev–Trinajstić information content (AvgIpc) is 2.47. The lowest BCUT2D eigenvalue weighted by Crippen LogP contribution is -2.12. The van der Waals surface area contributed by atoms with Gasteiger partial charge >= 0.3 is 0 Å². The van der Waals surface area contributed by atoms with Gasteiger partial charge in [0.25, 0.3) is 0 Å². The number of hydrogen-bond acceptors (Lipinski definition) is 4. The molecule has 4 nitrogen and oxygen atoms in total. The molecule has 0 aliphatic carbocycles. The molecular formula is C16H13FN2O2. The van der Waals surface area contributed by atoms with Crippen LogP contribution >= 0.6 is 0 Å². The van der Waals surface area contributed by atoms with Crippen LogP contribution in [0.2, 0.25) is 0 Å². The van der Waals surface area contributed by atoms with Crippen LogP contribution < -0.4 is 10.3 Å². The lowest BCUT2D eigenvalue weighted by atomic mass is 10.1. The Bertz CT molecular complexity index is 872. The lowest BCUT2D eigenvalue weighted by Gasteiger charge is -2.12. The zero-order valence-electron chi connectivity index (χ0n) is 11.6. The molecule has 2 heterocycles. The van der Waals surface area contributed by atoms with E-state index >= 15 is 0 Å². The normalized spacial score (nSPS) is 10.8. The predicted octanol–water partition coefficient (Wildman–Crippen LogP) is 3.06. The van der Waals surface area contributed by atoms with Gasteiger partial charge in [0, 0.05) is 31.9 Å². The molecule has 0 fully saturated rings. The molecule has 0 atom stereocenters. The third-order valence-electron chi connectivity index (χ3n) is 3.20. The molecule has 0 radical (unpaired) electrons. The van der Waals surface area contributed by atoms with Gasteiger partial charge in [-0.15, -0.1) is 0 Å². The highest BCUT2D eigenvalue weighted by Gasteiger charge is 2.15. The Morgan fingerprint density at radius 1 is 1.19 bits per heavy atom. The van der Waals surface area contributed by atoms with Gasteiger partial charge in [-0.3, -0.25) is 9.78 Å². The first kappa shape index (κ1) is 13.3. The first-order chi connectivity index (χ1) is 10.1. The van der Waals surface area contributed by atoms with E-state index in [-0.39, 0.29) is 5.43 Å².